The Balaban J connectivity index is 1.54. The van der Waals surface area contributed by atoms with E-state index >= 15 is 0 Å². The number of hydrogen-bond acceptors (Lipinski definition) is 7. The molecule has 0 unspecified atom stereocenters. The Morgan fingerprint density at radius 3 is 2.10 bits per heavy atom. The van der Waals surface area contributed by atoms with Crippen molar-refractivity contribution in [3.05, 3.63) is 146 Å². The molecule has 0 N–H and O–H groups in total. The Hall–Kier alpha value is -5.31. The standard InChI is InChI=1S/C32H20FN3O5/c33-21-13-9-19(10-14-21)28(37)27-26(18-11-15-22(16-12-18)36(40)41)32(30(38)24-7-3-4-8-25(24)31(32)39)29-23-6-2-1-5-20(23)17-34-35(27)29/h1-17,26-27,29H/t26-,27-,29-/m0/s1. The summed E-state index contributed by atoms with van der Waals surface area (Å²) in [5.74, 6) is -2.91. The molecule has 1 saturated heterocycles. The van der Waals surface area contributed by atoms with Gasteiger partial charge in [0.05, 0.1) is 17.2 Å². The summed E-state index contributed by atoms with van der Waals surface area (Å²) in [4.78, 5) is 54.5. The topological polar surface area (TPSA) is 110 Å². The van der Waals surface area contributed by atoms with Crippen LogP contribution >= 0.6 is 0 Å². The van der Waals surface area contributed by atoms with Gasteiger partial charge < -0.3 is 0 Å². The predicted octanol–water partition coefficient (Wildman–Crippen LogP) is 5.54. The lowest BCUT2D eigenvalue weighted by Crippen LogP contribution is -2.43. The van der Waals surface area contributed by atoms with Gasteiger partial charge in [0.25, 0.3) is 5.69 Å². The van der Waals surface area contributed by atoms with Crippen molar-refractivity contribution in [1.82, 2.24) is 5.01 Å². The molecule has 9 heteroatoms. The fourth-order valence-corrected chi connectivity index (χ4v) is 6.74. The van der Waals surface area contributed by atoms with Crippen molar-refractivity contribution >= 4 is 29.3 Å². The number of Topliss-reactive ketones (excluding diaryl/α,β-unsaturated/α-hetero) is 3. The smallest absolute Gasteiger partial charge is 0.269 e. The molecule has 8 nitrogen and oxygen atoms in total. The molecule has 200 valence electrons. The van der Waals surface area contributed by atoms with Crippen molar-refractivity contribution in [3.8, 4) is 0 Å². The fourth-order valence-electron chi connectivity index (χ4n) is 6.74. The fraction of sp³-hybridized carbons (Fsp3) is 0.125. The molecule has 3 atom stereocenters. The van der Waals surface area contributed by atoms with Crippen LogP contribution in [0.4, 0.5) is 10.1 Å². The van der Waals surface area contributed by atoms with Crippen LogP contribution in [-0.2, 0) is 0 Å². The maximum atomic E-state index is 14.6. The number of fused-ring (bicyclic) bond motifs is 5. The molecule has 0 amide bonds. The van der Waals surface area contributed by atoms with E-state index in [1.807, 2.05) is 18.2 Å². The highest BCUT2D eigenvalue weighted by Gasteiger charge is 2.72. The Labute approximate surface area is 232 Å². The summed E-state index contributed by atoms with van der Waals surface area (Å²) >= 11 is 0. The number of nitro groups is 1. The largest absolute Gasteiger partial charge is 0.293 e. The van der Waals surface area contributed by atoms with E-state index in [1.165, 1.54) is 53.5 Å². The maximum Gasteiger partial charge on any atom is 0.269 e. The van der Waals surface area contributed by atoms with Gasteiger partial charge in [-0.1, -0.05) is 60.7 Å². The summed E-state index contributed by atoms with van der Waals surface area (Å²) in [6.45, 7) is 0. The second kappa shape index (κ2) is 8.85. The van der Waals surface area contributed by atoms with Crippen molar-refractivity contribution in [2.75, 3.05) is 0 Å². The number of non-ortho nitro benzene ring substituents is 1. The summed E-state index contributed by atoms with van der Waals surface area (Å²) in [5, 5.41) is 17.6. The monoisotopic (exact) mass is 545 g/mol. The van der Waals surface area contributed by atoms with Gasteiger partial charge in [-0.05, 0) is 41.0 Å². The molecule has 0 radical (unpaired) electrons. The van der Waals surface area contributed by atoms with Crippen LogP contribution in [0, 0.1) is 21.3 Å². The van der Waals surface area contributed by atoms with Crippen LogP contribution in [0.2, 0.25) is 0 Å². The van der Waals surface area contributed by atoms with Crippen LogP contribution in [0.3, 0.4) is 0 Å². The molecule has 2 aliphatic heterocycles. The zero-order chi connectivity index (χ0) is 28.5. The van der Waals surface area contributed by atoms with Gasteiger partial charge in [-0.15, -0.1) is 0 Å². The molecule has 1 fully saturated rings. The Bertz CT molecular complexity index is 1780. The highest BCUT2D eigenvalue weighted by molar-refractivity contribution is 6.31. The number of nitro benzene ring substituents is 1. The second-order valence-corrected chi connectivity index (χ2v) is 10.4. The first-order valence-corrected chi connectivity index (χ1v) is 13.0. The van der Waals surface area contributed by atoms with E-state index < -0.39 is 51.5 Å². The molecule has 0 saturated carbocycles. The summed E-state index contributed by atoms with van der Waals surface area (Å²) in [5.41, 5.74) is 0.512. The van der Waals surface area contributed by atoms with Crippen LogP contribution in [0.5, 0.6) is 0 Å². The van der Waals surface area contributed by atoms with E-state index in [9.17, 15) is 28.9 Å². The van der Waals surface area contributed by atoms with E-state index in [0.717, 1.165) is 0 Å². The Morgan fingerprint density at radius 1 is 0.854 bits per heavy atom. The summed E-state index contributed by atoms with van der Waals surface area (Å²) < 4.78 is 13.8. The van der Waals surface area contributed by atoms with Crippen LogP contribution in [0.25, 0.3) is 0 Å². The second-order valence-electron chi connectivity index (χ2n) is 10.4. The number of carbonyl (C=O) groups excluding carboxylic acids is 3. The third kappa shape index (κ3) is 3.32. The highest BCUT2D eigenvalue weighted by atomic mass is 19.1. The minimum atomic E-state index is -1.80. The van der Waals surface area contributed by atoms with Gasteiger partial charge in [0.1, 0.15) is 17.3 Å². The van der Waals surface area contributed by atoms with Crippen molar-refractivity contribution in [1.29, 1.82) is 0 Å². The maximum absolute atomic E-state index is 14.6. The predicted molar refractivity (Wildman–Crippen MR) is 147 cm³/mol. The molecule has 4 aromatic carbocycles. The first kappa shape index (κ1) is 24.7. The van der Waals surface area contributed by atoms with E-state index in [-0.39, 0.29) is 22.4 Å². The average molecular weight is 546 g/mol. The average Bonchev–Trinajstić information content (AvgIpc) is 3.43. The molecule has 0 aromatic heterocycles. The lowest BCUT2D eigenvalue weighted by atomic mass is 9.63. The lowest BCUT2D eigenvalue weighted by Gasteiger charge is -2.36. The number of hydrogen-bond donors (Lipinski definition) is 0. The SMILES string of the molecule is O=C(c1ccc(F)cc1)[C@@H]1[C@H](c2ccc([N+](=O)[O-])cc2)C2(C(=O)c3ccccc3C2=O)[C@@H]2c3ccccc3C=NN12. The van der Waals surface area contributed by atoms with Gasteiger partial charge in [-0.3, -0.25) is 29.5 Å². The number of nitrogens with zero attached hydrogens (tertiary/aromatic N) is 3. The van der Waals surface area contributed by atoms with Crippen molar-refractivity contribution in [2.45, 2.75) is 18.0 Å². The molecule has 0 bridgehead atoms. The molecule has 41 heavy (non-hydrogen) atoms. The summed E-state index contributed by atoms with van der Waals surface area (Å²) in [6.07, 6.45) is 1.60. The third-order valence-electron chi connectivity index (χ3n) is 8.44. The first-order chi connectivity index (χ1) is 19.8. The molecule has 7 rings (SSSR count). The molecule has 1 aliphatic carbocycles. The zero-order valence-corrected chi connectivity index (χ0v) is 21.3. The highest BCUT2D eigenvalue weighted by Crippen LogP contribution is 2.64. The van der Waals surface area contributed by atoms with Crippen molar-refractivity contribution in [2.24, 2.45) is 10.5 Å². The van der Waals surface area contributed by atoms with Gasteiger partial charge in [0, 0.05) is 34.7 Å². The van der Waals surface area contributed by atoms with Crippen LogP contribution in [0.15, 0.2) is 102 Å². The summed E-state index contributed by atoms with van der Waals surface area (Å²) in [7, 11) is 0. The summed E-state index contributed by atoms with van der Waals surface area (Å²) in [6, 6.07) is 22.4. The number of rotatable bonds is 4. The number of carbonyl (C=O) groups is 3. The van der Waals surface area contributed by atoms with Gasteiger partial charge in [-0.2, -0.15) is 5.10 Å². The van der Waals surface area contributed by atoms with Crippen molar-refractivity contribution < 1.29 is 23.7 Å². The minimum Gasteiger partial charge on any atom is -0.293 e. The van der Waals surface area contributed by atoms with E-state index in [0.29, 0.717) is 16.7 Å². The number of ketones is 3. The van der Waals surface area contributed by atoms with Crippen LogP contribution < -0.4 is 0 Å². The third-order valence-corrected chi connectivity index (χ3v) is 8.44. The van der Waals surface area contributed by atoms with Crippen LogP contribution in [-0.4, -0.2) is 39.5 Å². The van der Waals surface area contributed by atoms with E-state index in [2.05, 4.69) is 5.10 Å². The number of halogens is 1. The Morgan fingerprint density at radius 2 is 1.46 bits per heavy atom. The zero-order valence-electron chi connectivity index (χ0n) is 21.3. The van der Waals surface area contributed by atoms with Crippen LogP contribution in [0.1, 0.15) is 59.7 Å². The van der Waals surface area contributed by atoms with E-state index in [1.54, 1.807) is 36.5 Å². The molecule has 4 aromatic rings. The number of hydrazone groups is 1. The molecular formula is C32H20FN3O5. The minimum absolute atomic E-state index is 0.171. The molecular weight excluding hydrogens is 525 g/mol. The quantitative estimate of drug-likeness (QED) is 0.144. The molecule has 3 aliphatic rings. The van der Waals surface area contributed by atoms with Gasteiger partial charge in [-0.25, -0.2) is 4.39 Å². The Kier molecular flexibility index (Phi) is 5.34. The van der Waals surface area contributed by atoms with E-state index in [4.69, 9.17) is 0 Å². The van der Waals surface area contributed by atoms with Gasteiger partial charge >= 0.3 is 0 Å². The first-order valence-electron chi connectivity index (χ1n) is 13.0. The number of benzene rings is 4. The molecule has 1 spiro atoms. The van der Waals surface area contributed by atoms with Crippen molar-refractivity contribution in [3.63, 3.8) is 0 Å². The lowest BCUT2D eigenvalue weighted by molar-refractivity contribution is -0.384. The normalized spacial score (nSPS) is 21.5. The van der Waals surface area contributed by atoms with Gasteiger partial charge in [0.2, 0.25) is 0 Å². The van der Waals surface area contributed by atoms with Gasteiger partial charge in [0.15, 0.2) is 17.3 Å². The molecule has 2 heterocycles.